The van der Waals surface area contributed by atoms with Gasteiger partial charge in [0.2, 0.25) is 11.8 Å². The van der Waals surface area contributed by atoms with Crippen LogP contribution in [-0.2, 0) is 22.7 Å². The predicted octanol–water partition coefficient (Wildman–Crippen LogP) is 0.816. The van der Waals surface area contributed by atoms with Gasteiger partial charge in [-0.1, -0.05) is 12.1 Å². The Hall–Kier alpha value is -1.88. The molecule has 1 saturated heterocycles. The van der Waals surface area contributed by atoms with Crippen molar-refractivity contribution in [3.8, 4) is 5.75 Å². The average molecular weight is 260 g/mol. The summed E-state index contributed by atoms with van der Waals surface area (Å²) >= 11 is 0. The number of rotatable bonds is 2. The Balaban J connectivity index is 1.80. The average Bonchev–Trinajstić information content (AvgIpc) is 2.81. The van der Waals surface area contributed by atoms with Crippen LogP contribution in [0.5, 0.6) is 5.75 Å². The van der Waals surface area contributed by atoms with Crippen LogP contribution in [0.1, 0.15) is 24.0 Å². The zero-order chi connectivity index (χ0) is 13.4. The minimum atomic E-state index is -0.213. The molecule has 2 heterocycles. The second-order valence-electron chi connectivity index (χ2n) is 4.97. The molecule has 1 aromatic rings. The van der Waals surface area contributed by atoms with Crippen LogP contribution in [0.15, 0.2) is 18.2 Å². The Kier molecular flexibility index (Phi) is 2.98. The number of amides is 2. The Morgan fingerprint density at radius 3 is 2.89 bits per heavy atom. The molecule has 1 unspecified atom stereocenters. The normalized spacial score (nSPS) is 23.1. The maximum atomic E-state index is 11.9. The van der Waals surface area contributed by atoms with Crippen molar-refractivity contribution in [1.82, 2.24) is 10.2 Å². The molecule has 1 fully saturated rings. The second-order valence-corrected chi connectivity index (χ2v) is 4.97. The van der Waals surface area contributed by atoms with Crippen molar-refractivity contribution in [2.75, 3.05) is 7.11 Å². The molecular formula is C14H16N2O3. The molecule has 5 nitrogen and oxygen atoms in total. The minimum Gasteiger partial charge on any atom is -0.496 e. The Labute approximate surface area is 111 Å². The molecule has 0 spiro atoms. The SMILES string of the molecule is COc1cccc2c1CN(C1CCC(=O)NC1=O)C2. The largest absolute Gasteiger partial charge is 0.496 e. The molecule has 3 rings (SSSR count). The molecule has 19 heavy (non-hydrogen) atoms. The van der Waals surface area contributed by atoms with Crippen molar-refractivity contribution in [1.29, 1.82) is 0 Å². The van der Waals surface area contributed by atoms with Crippen LogP contribution in [0, 0.1) is 0 Å². The van der Waals surface area contributed by atoms with Crippen LogP contribution in [0.25, 0.3) is 0 Å². The summed E-state index contributed by atoms with van der Waals surface area (Å²) in [5.74, 6) is 0.519. The summed E-state index contributed by atoms with van der Waals surface area (Å²) in [5, 5.41) is 2.41. The number of piperidine rings is 1. The highest BCUT2D eigenvalue weighted by atomic mass is 16.5. The lowest BCUT2D eigenvalue weighted by Gasteiger charge is -2.29. The van der Waals surface area contributed by atoms with Crippen LogP contribution in [0.4, 0.5) is 0 Å². The number of methoxy groups -OCH3 is 1. The van der Waals surface area contributed by atoms with Gasteiger partial charge in [0, 0.05) is 25.1 Å². The number of hydrogen-bond acceptors (Lipinski definition) is 4. The zero-order valence-corrected chi connectivity index (χ0v) is 10.8. The van der Waals surface area contributed by atoms with Crippen LogP contribution < -0.4 is 10.1 Å². The van der Waals surface area contributed by atoms with E-state index in [-0.39, 0.29) is 17.9 Å². The number of imide groups is 1. The Morgan fingerprint density at radius 2 is 2.16 bits per heavy atom. The molecule has 2 aliphatic rings. The number of carbonyl (C=O) groups is 2. The summed E-state index contributed by atoms with van der Waals surface area (Å²) in [4.78, 5) is 25.2. The highest BCUT2D eigenvalue weighted by molar-refractivity contribution is 6.00. The molecule has 2 aliphatic heterocycles. The molecule has 5 heteroatoms. The van der Waals surface area contributed by atoms with Crippen molar-refractivity contribution in [3.63, 3.8) is 0 Å². The lowest BCUT2D eigenvalue weighted by molar-refractivity contribution is -0.137. The fourth-order valence-corrected chi connectivity index (χ4v) is 2.86. The molecule has 100 valence electrons. The number of carbonyl (C=O) groups excluding carboxylic acids is 2. The van der Waals surface area contributed by atoms with Gasteiger partial charge in [-0.2, -0.15) is 0 Å². The van der Waals surface area contributed by atoms with Crippen LogP contribution in [0.3, 0.4) is 0 Å². The summed E-state index contributed by atoms with van der Waals surface area (Å²) < 4.78 is 5.36. The van der Waals surface area contributed by atoms with E-state index in [4.69, 9.17) is 4.74 Å². The monoisotopic (exact) mass is 260 g/mol. The van der Waals surface area contributed by atoms with E-state index in [1.54, 1.807) is 7.11 Å². The van der Waals surface area contributed by atoms with Crippen LogP contribution in [-0.4, -0.2) is 29.9 Å². The number of benzene rings is 1. The molecule has 0 bridgehead atoms. The fourth-order valence-electron chi connectivity index (χ4n) is 2.86. The number of ether oxygens (including phenoxy) is 1. The molecule has 1 aromatic carbocycles. The van der Waals surface area contributed by atoms with Crippen LogP contribution >= 0.6 is 0 Å². The third-order valence-electron chi connectivity index (χ3n) is 3.84. The van der Waals surface area contributed by atoms with Gasteiger partial charge in [-0.3, -0.25) is 19.8 Å². The Morgan fingerprint density at radius 1 is 1.32 bits per heavy atom. The lowest BCUT2D eigenvalue weighted by atomic mass is 10.0. The topological polar surface area (TPSA) is 58.6 Å². The van der Waals surface area contributed by atoms with Gasteiger partial charge in [0.25, 0.3) is 0 Å². The van der Waals surface area contributed by atoms with E-state index in [2.05, 4.69) is 16.3 Å². The maximum Gasteiger partial charge on any atom is 0.243 e. The van der Waals surface area contributed by atoms with Crippen molar-refractivity contribution in [2.24, 2.45) is 0 Å². The van der Waals surface area contributed by atoms with E-state index >= 15 is 0 Å². The number of hydrogen-bond donors (Lipinski definition) is 1. The van der Waals surface area contributed by atoms with Gasteiger partial charge >= 0.3 is 0 Å². The molecule has 0 aliphatic carbocycles. The highest BCUT2D eigenvalue weighted by Gasteiger charge is 2.35. The number of nitrogens with one attached hydrogen (secondary N) is 1. The van der Waals surface area contributed by atoms with Gasteiger partial charge in [0.1, 0.15) is 5.75 Å². The van der Waals surface area contributed by atoms with Gasteiger partial charge < -0.3 is 4.74 Å². The highest BCUT2D eigenvalue weighted by Crippen LogP contribution is 2.33. The smallest absolute Gasteiger partial charge is 0.243 e. The zero-order valence-electron chi connectivity index (χ0n) is 10.8. The quantitative estimate of drug-likeness (QED) is 0.800. The van der Waals surface area contributed by atoms with Crippen molar-refractivity contribution in [3.05, 3.63) is 29.3 Å². The van der Waals surface area contributed by atoms with Crippen LogP contribution in [0.2, 0.25) is 0 Å². The second kappa shape index (κ2) is 4.66. The predicted molar refractivity (Wildman–Crippen MR) is 68.4 cm³/mol. The third-order valence-corrected chi connectivity index (χ3v) is 3.84. The fraction of sp³-hybridized carbons (Fsp3) is 0.429. The molecular weight excluding hydrogens is 244 g/mol. The summed E-state index contributed by atoms with van der Waals surface area (Å²) in [5.41, 5.74) is 2.35. The molecule has 0 aromatic heterocycles. The molecule has 2 amide bonds. The number of fused-ring (bicyclic) bond motifs is 1. The van der Waals surface area contributed by atoms with Gasteiger partial charge in [-0.25, -0.2) is 0 Å². The summed E-state index contributed by atoms with van der Waals surface area (Å²) in [6.07, 6.45) is 1.02. The van der Waals surface area contributed by atoms with E-state index in [1.165, 1.54) is 5.56 Å². The van der Waals surface area contributed by atoms with Gasteiger partial charge in [-0.05, 0) is 18.1 Å². The van der Waals surface area contributed by atoms with Gasteiger partial charge in [-0.15, -0.1) is 0 Å². The number of nitrogens with zero attached hydrogens (tertiary/aromatic N) is 1. The first-order chi connectivity index (χ1) is 9.19. The van der Waals surface area contributed by atoms with E-state index in [1.807, 2.05) is 12.1 Å². The van der Waals surface area contributed by atoms with Crippen molar-refractivity contribution < 1.29 is 14.3 Å². The Bertz CT molecular complexity index is 541. The van der Waals surface area contributed by atoms with E-state index < -0.39 is 0 Å². The first kappa shape index (κ1) is 12.2. The van der Waals surface area contributed by atoms with E-state index in [0.717, 1.165) is 17.9 Å². The van der Waals surface area contributed by atoms with Crippen molar-refractivity contribution >= 4 is 11.8 Å². The summed E-state index contributed by atoms with van der Waals surface area (Å²) in [7, 11) is 1.66. The standard InChI is InChI=1S/C14H16N2O3/c1-19-12-4-2-3-9-7-16(8-10(9)12)11-5-6-13(17)15-14(11)18/h2-4,11H,5-8H2,1H3,(H,15,17,18). The molecule has 0 radical (unpaired) electrons. The maximum absolute atomic E-state index is 11.9. The summed E-state index contributed by atoms with van der Waals surface area (Å²) in [6, 6.07) is 5.75. The van der Waals surface area contributed by atoms with E-state index in [0.29, 0.717) is 19.4 Å². The first-order valence-electron chi connectivity index (χ1n) is 6.41. The lowest BCUT2D eigenvalue weighted by Crippen LogP contribution is -2.50. The van der Waals surface area contributed by atoms with Gasteiger partial charge in [0.05, 0.1) is 13.2 Å². The van der Waals surface area contributed by atoms with E-state index in [9.17, 15) is 9.59 Å². The molecule has 0 saturated carbocycles. The molecule has 1 N–H and O–H groups in total. The third kappa shape index (κ3) is 2.10. The molecule has 1 atom stereocenters. The minimum absolute atomic E-state index is 0.171. The van der Waals surface area contributed by atoms with Crippen molar-refractivity contribution in [2.45, 2.75) is 32.0 Å². The summed E-state index contributed by atoms with van der Waals surface area (Å²) in [6.45, 7) is 1.43. The first-order valence-corrected chi connectivity index (χ1v) is 6.41. The van der Waals surface area contributed by atoms with Gasteiger partial charge in [0.15, 0.2) is 0 Å².